The van der Waals surface area contributed by atoms with E-state index >= 15 is 0 Å². The first-order valence-corrected chi connectivity index (χ1v) is 9.53. The van der Waals surface area contributed by atoms with Gasteiger partial charge in [0.05, 0.1) is 19.5 Å². The number of rotatable bonds is 5. The van der Waals surface area contributed by atoms with Crippen LogP contribution in [0.2, 0.25) is 0 Å². The highest BCUT2D eigenvalue weighted by molar-refractivity contribution is 5.64. The van der Waals surface area contributed by atoms with E-state index in [9.17, 15) is 35.7 Å². The smallest absolute Gasteiger partial charge is 0.213 e. The molecular weight excluding hydrogens is 422 g/mol. The molecule has 4 heterocycles. The third-order valence-corrected chi connectivity index (χ3v) is 5.51. The number of ether oxygens (including phenoxy) is 2. The molecule has 0 saturated carbocycles. The van der Waals surface area contributed by atoms with Crippen molar-refractivity contribution in [1.82, 2.24) is 14.6 Å². The van der Waals surface area contributed by atoms with Crippen LogP contribution in [0, 0.1) is 0 Å². The Morgan fingerprint density at radius 3 is 2.23 bits per heavy atom. The molecule has 2 saturated heterocycles. The summed E-state index contributed by atoms with van der Waals surface area (Å²) in [5.74, 6) is 0.205. The van der Waals surface area contributed by atoms with Crippen molar-refractivity contribution < 1.29 is 50.1 Å². The van der Waals surface area contributed by atoms with Gasteiger partial charge in [-0.15, -0.1) is 0 Å². The topological polar surface area (TPSA) is 229 Å². The molecule has 3 aliphatic rings. The van der Waals surface area contributed by atoms with Gasteiger partial charge in [0.2, 0.25) is 6.29 Å². The summed E-state index contributed by atoms with van der Waals surface area (Å²) in [5, 5.41) is 69.6. The molecule has 0 aromatic carbocycles. The van der Waals surface area contributed by atoms with Crippen molar-refractivity contribution in [1.29, 1.82) is 0 Å². The Morgan fingerprint density at radius 1 is 0.935 bits per heavy atom. The van der Waals surface area contributed by atoms with E-state index < -0.39 is 74.6 Å². The number of aliphatic hydroxyl groups is 7. The van der Waals surface area contributed by atoms with Crippen LogP contribution in [0.4, 0.5) is 5.82 Å². The highest BCUT2D eigenvalue weighted by atomic mass is 16.8. The predicted molar refractivity (Wildman–Crippen MR) is 97.0 cm³/mol. The standard InChI is InChI=1S/C16H25N5O10/c17-13-7-14(20(3-18-7)15-11(27)9(25)5(1-22)29-15)19-4-21(13)31-16-12(28)10(26)8(24)6(2-23)30-16/h3-6,8-13,15-16,22-28H,1-2,17H2/t5-,6-,8+,9?,10+,11?,12-,13?,15-,16-/m1/s1. The van der Waals surface area contributed by atoms with Crippen molar-refractivity contribution in [3.8, 4) is 0 Å². The quantitative estimate of drug-likeness (QED) is 0.212. The zero-order valence-corrected chi connectivity index (χ0v) is 16.1. The van der Waals surface area contributed by atoms with Gasteiger partial charge in [-0.2, -0.15) is 0 Å². The summed E-state index contributed by atoms with van der Waals surface area (Å²) in [6, 6.07) is 0. The average molecular weight is 447 g/mol. The number of aromatic nitrogens is 2. The fraction of sp³-hybridized carbons (Fsp3) is 0.750. The molecule has 10 atom stereocenters. The van der Waals surface area contributed by atoms with Crippen molar-refractivity contribution >= 4 is 12.2 Å². The molecule has 31 heavy (non-hydrogen) atoms. The Kier molecular flexibility index (Phi) is 6.25. The number of hydrogen-bond donors (Lipinski definition) is 8. The Morgan fingerprint density at radius 2 is 1.58 bits per heavy atom. The van der Waals surface area contributed by atoms with Gasteiger partial charge in [-0.1, -0.05) is 0 Å². The van der Waals surface area contributed by atoms with Gasteiger partial charge in [0, 0.05) is 0 Å². The van der Waals surface area contributed by atoms with Crippen LogP contribution in [0.25, 0.3) is 0 Å². The minimum atomic E-state index is -1.64. The maximum absolute atomic E-state index is 10.2. The molecule has 0 amide bonds. The van der Waals surface area contributed by atoms with Crippen LogP contribution in [0.5, 0.6) is 0 Å². The summed E-state index contributed by atoms with van der Waals surface area (Å²) < 4.78 is 12.1. The van der Waals surface area contributed by atoms with Crippen LogP contribution in [-0.2, 0) is 14.3 Å². The van der Waals surface area contributed by atoms with Crippen molar-refractivity contribution in [3.63, 3.8) is 0 Å². The van der Waals surface area contributed by atoms with Gasteiger partial charge in [0.1, 0.15) is 54.8 Å². The molecule has 0 bridgehead atoms. The van der Waals surface area contributed by atoms with Crippen LogP contribution in [0.3, 0.4) is 0 Å². The van der Waals surface area contributed by atoms with Gasteiger partial charge in [-0.3, -0.25) is 4.57 Å². The number of fused-ring (bicyclic) bond motifs is 1. The normalized spacial score (nSPS) is 42.8. The Bertz CT molecular complexity index is 808. The van der Waals surface area contributed by atoms with E-state index in [0.717, 1.165) is 11.4 Å². The Balaban J connectivity index is 1.51. The van der Waals surface area contributed by atoms with Gasteiger partial charge in [0.25, 0.3) is 0 Å². The number of hydroxylamine groups is 2. The Labute approximate surface area is 175 Å². The van der Waals surface area contributed by atoms with E-state index in [2.05, 4.69) is 9.98 Å². The molecule has 1 aromatic rings. The van der Waals surface area contributed by atoms with Gasteiger partial charge < -0.3 is 51.0 Å². The van der Waals surface area contributed by atoms with E-state index in [0.29, 0.717) is 0 Å². The molecule has 4 rings (SSSR count). The lowest BCUT2D eigenvalue weighted by Gasteiger charge is -2.41. The van der Waals surface area contributed by atoms with Gasteiger partial charge in [-0.05, 0) is 0 Å². The Hall–Kier alpha value is -1.76. The largest absolute Gasteiger partial charge is 0.394 e. The molecule has 3 unspecified atom stereocenters. The number of aliphatic imine (C=N–C) groups is 1. The second kappa shape index (κ2) is 8.64. The average Bonchev–Trinajstić information content (AvgIpc) is 3.31. The molecule has 174 valence electrons. The van der Waals surface area contributed by atoms with E-state index in [1.54, 1.807) is 0 Å². The minimum Gasteiger partial charge on any atom is -0.394 e. The first-order chi connectivity index (χ1) is 14.8. The van der Waals surface area contributed by atoms with Crippen LogP contribution in [0.15, 0.2) is 11.3 Å². The van der Waals surface area contributed by atoms with Gasteiger partial charge in [-0.25, -0.2) is 19.9 Å². The van der Waals surface area contributed by atoms with E-state index in [1.165, 1.54) is 10.9 Å². The number of nitrogens with zero attached hydrogens (tertiary/aromatic N) is 4. The number of imidazole rings is 1. The highest BCUT2D eigenvalue weighted by Crippen LogP contribution is 2.37. The first-order valence-electron chi connectivity index (χ1n) is 9.53. The van der Waals surface area contributed by atoms with Gasteiger partial charge >= 0.3 is 0 Å². The first kappa shape index (κ1) is 22.4. The summed E-state index contributed by atoms with van der Waals surface area (Å²) >= 11 is 0. The molecule has 0 spiro atoms. The lowest BCUT2D eigenvalue weighted by molar-refractivity contribution is -0.352. The fourth-order valence-corrected chi connectivity index (χ4v) is 3.68. The molecular formula is C16H25N5O10. The molecule has 0 aliphatic carbocycles. The van der Waals surface area contributed by atoms with E-state index in [1.807, 2.05) is 0 Å². The third kappa shape index (κ3) is 3.73. The van der Waals surface area contributed by atoms with E-state index in [4.69, 9.17) is 20.0 Å². The molecule has 0 radical (unpaired) electrons. The molecule has 3 aliphatic heterocycles. The van der Waals surface area contributed by atoms with E-state index in [-0.39, 0.29) is 11.5 Å². The summed E-state index contributed by atoms with van der Waals surface area (Å²) in [6.45, 7) is -1.11. The molecule has 1 aromatic heterocycles. The molecule has 15 heteroatoms. The zero-order valence-electron chi connectivity index (χ0n) is 16.1. The van der Waals surface area contributed by atoms with Crippen molar-refractivity contribution in [2.24, 2.45) is 10.7 Å². The SMILES string of the molecule is NC1c2ncn([C@@H]3O[C@H](CO)C(O)C3O)c2N=CN1O[C@H]1O[C@H](CO)[C@H](O)[C@H](O)[C@H]1O. The second-order valence-electron chi connectivity index (χ2n) is 7.44. The number of hydrogen-bond acceptors (Lipinski definition) is 14. The number of aliphatic hydroxyl groups excluding tert-OH is 7. The van der Waals surface area contributed by atoms with Crippen LogP contribution >= 0.6 is 0 Å². The van der Waals surface area contributed by atoms with Crippen LogP contribution in [0.1, 0.15) is 18.1 Å². The lowest BCUT2D eigenvalue weighted by Crippen LogP contribution is -2.60. The highest BCUT2D eigenvalue weighted by Gasteiger charge is 2.47. The molecule has 15 nitrogen and oxygen atoms in total. The maximum Gasteiger partial charge on any atom is 0.213 e. The summed E-state index contributed by atoms with van der Waals surface area (Å²) in [7, 11) is 0. The second-order valence-corrected chi connectivity index (χ2v) is 7.44. The minimum absolute atomic E-state index is 0.199. The molecule has 9 N–H and O–H groups in total. The summed E-state index contributed by atoms with van der Waals surface area (Å²) in [4.78, 5) is 13.8. The van der Waals surface area contributed by atoms with Crippen molar-refractivity contribution in [2.75, 3.05) is 13.2 Å². The van der Waals surface area contributed by atoms with Crippen LogP contribution < -0.4 is 5.73 Å². The third-order valence-electron chi connectivity index (χ3n) is 5.51. The van der Waals surface area contributed by atoms with Crippen molar-refractivity contribution in [3.05, 3.63) is 12.0 Å². The lowest BCUT2D eigenvalue weighted by atomic mass is 9.99. The summed E-state index contributed by atoms with van der Waals surface area (Å²) in [6.07, 6.45) is -10.8. The summed E-state index contributed by atoms with van der Waals surface area (Å²) in [5.41, 5.74) is 6.35. The van der Waals surface area contributed by atoms with Crippen LogP contribution in [-0.4, -0.2) is 119 Å². The van der Waals surface area contributed by atoms with Crippen molar-refractivity contribution in [2.45, 2.75) is 61.4 Å². The fourth-order valence-electron chi connectivity index (χ4n) is 3.68. The maximum atomic E-state index is 10.2. The molecule has 2 fully saturated rings. The monoisotopic (exact) mass is 447 g/mol. The predicted octanol–water partition coefficient (Wildman–Crippen LogP) is -4.84. The number of nitrogens with two attached hydrogens (primary N) is 1. The zero-order chi connectivity index (χ0) is 22.4. The van der Waals surface area contributed by atoms with Gasteiger partial charge in [0.15, 0.2) is 18.2 Å².